The monoisotopic (exact) mass is 318 g/mol. The Hall–Kier alpha value is -1.88. The maximum absolute atomic E-state index is 11.9. The molecule has 1 amide bonds. The Labute approximate surface area is 137 Å². The molecule has 0 saturated carbocycles. The number of carbonyl (C=O) groups excluding carboxylic acids is 2. The molecule has 1 saturated heterocycles. The average Bonchev–Trinajstić information content (AvgIpc) is 2.52. The van der Waals surface area contributed by atoms with Crippen LogP contribution in [0.3, 0.4) is 0 Å². The molecular formula is C18H26N2O3. The second-order valence-corrected chi connectivity index (χ2v) is 6.18. The van der Waals surface area contributed by atoms with Gasteiger partial charge in [-0.05, 0) is 51.8 Å². The molecule has 1 aromatic rings. The van der Waals surface area contributed by atoms with Crippen molar-refractivity contribution in [2.24, 2.45) is 0 Å². The number of carbonyl (C=O) groups is 2. The number of ether oxygens (including phenoxy) is 1. The molecule has 0 bridgehead atoms. The van der Waals surface area contributed by atoms with Gasteiger partial charge in [0.25, 0.3) is 0 Å². The lowest BCUT2D eigenvalue weighted by Crippen LogP contribution is -2.46. The zero-order chi connectivity index (χ0) is 16.7. The third-order valence-corrected chi connectivity index (χ3v) is 4.05. The SMILES string of the molecule is CC(=O)c1cccc(OCCCC(=O)NC2CCNC(C)C2)c1. The lowest BCUT2D eigenvalue weighted by molar-refractivity contribution is -0.122. The number of nitrogens with one attached hydrogen (secondary N) is 2. The van der Waals surface area contributed by atoms with Gasteiger partial charge in [0.15, 0.2) is 5.78 Å². The summed E-state index contributed by atoms with van der Waals surface area (Å²) in [5.41, 5.74) is 0.639. The van der Waals surface area contributed by atoms with Crippen molar-refractivity contribution in [3.63, 3.8) is 0 Å². The molecule has 0 spiro atoms. The molecule has 0 aromatic heterocycles. The highest BCUT2D eigenvalue weighted by atomic mass is 16.5. The van der Waals surface area contributed by atoms with Crippen LogP contribution in [0.4, 0.5) is 0 Å². The minimum Gasteiger partial charge on any atom is -0.494 e. The van der Waals surface area contributed by atoms with Crippen LogP contribution in [0.5, 0.6) is 5.75 Å². The molecule has 5 nitrogen and oxygen atoms in total. The van der Waals surface area contributed by atoms with Gasteiger partial charge in [-0.15, -0.1) is 0 Å². The summed E-state index contributed by atoms with van der Waals surface area (Å²) in [6.07, 6.45) is 3.10. The van der Waals surface area contributed by atoms with Crippen molar-refractivity contribution < 1.29 is 14.3 Å². The summed E-state index contributed by atoms with van der Waals surface area (Å²) in [5.74, 6) is 0.779. The molecule has 5 heteroatoms. The first-order valence-electron chi connectivity index (χ1n) is 8.31. The van der Waals surface area contributed by atoms with Crippen LogP contribution < -0.4 is 15.4 Å². The smallest absolute Gasteiger partial charge is 0.220 e. The van der Waals surface area contributed by atoms with E-state index in [1.807, 2.05) is 6.07 Å². The first-order valence-corrected chi connectivity index (χ1v) is 8.31. The van der Waals surface area contributed by atoms with Crippen molar-refractivity contribution in [2.45, 2.75) is 51.6 Å². The Morgan fingerprint density at radius 2 is 2.22 bits per heavy atom. The number of hydrogen-bond acceptors (Lipinski definition) is 4. The molecule has 2 unspecified atom stereocenters. The third kappa shape index (κ3) is 6.02. The topological polar surface area (TPSA) is 67.4 Å². The van der Waals surface area contributed by atoms with E-state index in [1.54, 1.807) is 18.2 Å². The van der Waals surface area contributed by atoms with Gasteiger partial charge in [0.1, 0.15) is 5.75 Å². The first kappa shape index (κ1) is 17.5. The first-order chi connectivity index (χ1) is 11.0. The van der Waals surface area contributed by atoms with Crippen LogP contribution in [0.1, 0.15) is 49.9 Å². The van der Waals surface area contributed by atoms with Crippen LogP contribution in [-0.2, 0) is 4.79 Å². The fourth-order valence-corrected chi connectivity index (χ4v) is 2.79. The summed E-state index contributed by atoms with van der Waals surface area (Å²) in [6, 6.07) is 7.87. The minimum absolute atomic E-state index is 0.0195. The van der Waals surface area contributed by atoms with Crippen molar-refractivity contribution >= 4 is 11.7 Å². The van der Waals surface area contributed by atoms with Crippen LogP contribution in [-0.4, -0.2) is 36.9 Å². The third-order valence-electron chi connectivity index (χ3n) is 4.05. The van der Waals surface area contributed by atoms with Crippen molar-refractivity contribution in [3.05, 3.63) is 29.8 Å². The van der Waals surface area contributed by atoms with E-state index in [-0.39, 0.29) is 17.7 Å². The molecule has 126 valence electrons. The number of benzene rings is 1. The second kappa shape index (κ2) is 8.67. The van der Waals surface area contributed by atoms with Crippen molar-refractivity contribution in [1.29, 1.82) is 0 Å². The van der Waals surface area contributed by atoms with E-state index in [9.17, 15) is 9.59 Å². The van der Waals surface area contributed by atoms with Crippen molar-refractivity contribution in [1.82, 2.24) is 10.6 Å². The van der Waals surface area contributed by atoms with E-state index < -0.39 is 0 Å². The molecule has 2 atom stereocenters. The van der Waals surface area contributed by atoms with Gasteiger partial charge >= 0.3 is 0 Å². The zero-order valence-corrected chi connectivity index (χ0v) is 13.9. The summed E-state index contributed by atoms with van der Waals surface area (Å²) in [4.78, 5) is 23.3. The van der Waals surface area contributed by atoms with Crippen LogP contribution in [0.15, 0.2) is 24.3 Å². The fraction of sp³-hybridized carbons (Fsp3) is 0.556. The van der Waals surface area contributed by atoms with Gasteiger partial charge < -0.3 is 15.4 Å². The molecule has 1 aromatic carbocycles. The van der Waals surface area contributed by atoms with E-state index in [0.29, 0.717) is 36.8 Å². The summed E-state index contributed by atoms with van der Waals surface area (Å²) < 4.78 is 5.61. The largest absolute Gasteiger partial charge is 0.494 e. The molecule has 1 fully saturated rings. The quantitative estimate of drug-likeness (QED) is 0.598. The lowest BCUT2D eigenvalue weighted by Gasteiger charge is -2.28. The van der Waals surface area contributed by atoms with Crippen molar-refractivity contribution in [3.8, 4) is 5.75 Å². The summed E-state index contributed by atoms with van der Waals surface area (Å²) >= 11 is 0. The van der Waals surface area contributed by atoms with Crippen LogP contribution >= 0.6 is 0 Å². The van der Waals surface area contributed by atoms with Crippen molar-refractivity contribution in [2.75, 3.05) is 13.2 Å². The van der Waals surface area contributed by atoms with E-state index in [0.717, 1.165) is 19.4 Å². The maximum Gasteiger partial charge on any atom is 0.220 e. The summed E-state index contributed by atoms with van der Waals surface area (Å²) in [6.45, 7) is 5.10. The number of amides is 1. The predicted molar refractivity (Wildman–Crippen MR) is 89.8 cm³/mol. The lowest BCUT2D eigenvalue weighted by atomic mass is 10.0. The standard InChI is InChI=1S/C18H26N2O3/c1-13-11-16(8-9-19-13)20-18(22)7-4-10-23-17-6-3-5-15(12-17)14(2)21/h3,5-6,12-13,16,19H,4,7-11H2,1-2H3,(H,20,22). The maximum atomic E-state index is 11.9. The Balaban J connectivity index is 1.66. The number of hydrogen-bond donors (Lipinski definition) is 2. The van der Waals surface area contributed by atoms with Crippen LogP contribution in [0, 0.1) is 0 Å². The van der Waals surface area contributed by atoms with E-state index in [2.05, 4.69) is 17.6 Å². The molecule has 23 heavy (non-hydrogen) atoms. The number of rotatable bonds is 7. The Kier molecular flexibility index (Phi) is 6.59. The molecular weight excluding hydrogens is 292 g/mol. The second-order valence-electron chi connectivity index (χ2n) is 6.18. The molecule has 1 aliphatic rings. The Morgan fingerprint density at radius 1 is 1.39 bits per heavy atom. The normalized spacial score (nSPS) is 20.8. The van der Waals surface area contributed by atoms with E-state index in [1.165, 1.54) is 6.92 Å². The van der Waals surface area contributed by atoms with Crippen LogP contribution in [0.2, 0.25) is 0 Å². The minimum atomic E-state index is 0.0195. The highest BCUT2D eigenvalue weighted by molar-refractivity contribution is 5.94. The summed E-state index contributed by atoms with van der Waals surface area (Å²) in [5, 5.41) is 6.47. The van der Waals surface area contributed by atoms with Gasteiger partial charge in [0.05, 0.1) is 6.61 Å². The van der Waals surface area contributed by atoms with Gasteiger partial charge in [0.2, 0.25) is 5.91 Å². The highest BCUT2D eigenvalue weighted by Crippen LogP contribution is 2.14. The fourth-order valence-electron chi connectivity index (χ4n) is 2.79. The molecule has 0 radical (unpaired) electrons. The number of ketones is 1. The van der Waals surface area contributed by atoms with E-state index in [4.69, 9.17) is 4.74 Å². The van der Waals surface area contributed by atoms with Crippen LogP contribution in [0.25, 0.3) is 0 Å². The zero-order valence-electron chi connectivity index (χ0n) is 13.9. The molecule has 1 aliphatic heterocycles. The van der Waals surface area contributed by atoms with Gasteiger partial charge in [-0.1, -0.05) is 12.1 Å². The van der Waals surface area contributed by atoms with Gasteiger partial charge in [-0.3, -0.25) is 9.59 Å². The number of Topliss-reactive ketones (excluding diaryl/α,β-unsaturated/α-hetero) is 1. The molecule has 1 heterocycles. The highest BCUT2D eigenvalue weighted by Gasteiger charge is 2.19. The molecule has 2 rings (SSSR count). The van der Waals surface area contributed by atoms with Gasteiger partial charge in [0, 0.05) is 24.1 Å². The summed E-state index contributed by atoms with van der Waals surface area (Å²) in [7, 11) is 0. The predicted octanol–water partition coefficient (Wildman–Crippen LogP) is 2.30. The van der Waals surface area contributed by atoms with Gasteiger partial charge in [-0.2, -0.15) is 0 Å². The number of piperidine rings is 1. The van der Waals surface area contributed by atoms with Gasteiger partial charge in [-0.25, -0.2) is 0 Å². The molecule has 0 aliphatic carbocycles. The Bertz CT molecular complexity index is 545. The average molecular weight is 318 g/mol. The van der Waals surface area contributed by atoms with E-state index >= 15 is 0 Å². The molecule has 2 N–H and O–H groups in total. The Morgan fingerprint density at radius 3 is 2.96 bits per heavy atom.